The number of aromatic nitrogens is 4. The molecule has 8 nitrogen and oxygen atoms in total. The number of hydrogen-bond donors (Lipinski definition) is 1. The van der Waals surface area contributed by atoms with Gasteiger partial charge in [0.25, 0.3) is 0 Å². The van der Waals surface area contributed by atoms with Crippen LogP contribution in [-0.2, 0) is 10.0 Å². The number of fused-ring (bicyclic) bond motifs is 1. The van der Waals surface area contributed by atoms with Crippen LogP contribution in [0.1, 0.15) is 12.8 Å². The number of halogens is 1. The molecule has 4 heterocycles. The van der Waals surface area contributed by atoms with Gasteiger partial charge in [0.15, 0.2) is 5.65 Å². The Morgan fingerprint density at radius 2 is 1.87 bits per heavy atom. The van der Waals surface area contributed by atoms with Crippen LogP contribution in [0.25, 0.3) is 16.7 Å². The van der Waals surface area contributed by atoms with E-state index in [4.69, 9.17) is 0 Å². The van der Waals surface area contributed by atoms with Gasteiger partial charge in [-0.15, -0.1) is 11.3 Å². The molecule has 1 saturated heterocycles. The summed E-state index contributed by atoms with van der Waals surface area (Å²) in [5.74, 6) is 0.450. The van der Waals surface area contributed by atoms with E-state index >= 15 is 0 Å². The van der Waals surface area contributed by atoms with Crippen molar-refractivity contribution in [1.29, 1.82) is 0 Å². The molecule has 11 heteroatoms. The molecular formula is C20H19FN6O2S2. The highest BCUT2D eigenvalue weighted by Crippen LogP contribution is 2.27. The molecule has 0 spiro atoms. The van der Waals surface area contributed by atoms with Gasteiger partial charge in [0.2, 0.25) is 10.0 Å². The summed E-state index contributed by atoms with van der Waals surface area (Å²) in [5, 5.41) is 6.97. The standard InChI is InChI=1S/C20H19FN6O2S2/c21-14-3-5-16(6-4-14)27-20-17(12-24-27)19(22-13-23-20)26-9-7-15(8-10-26)25-31(28,29)18-2-1-11-30-18/h1-6,11-13,15,25H,7-10H2. The van der Waals surface area contributed by atoms with Crippen molar-refractivity contribution in [2.45, 2.75) is 23.1 Å². The van der Waals surface area contributed by atoms with Crippen molar-refractivity contribution in [3.8, 4) is 5.69 Å². The Morgan fingerprint density at radius 3 is 2.58 bits per heavy atom. The van der Waals surface area contributed by atoms with Crippen LogP contribution in [0.4, 0.5) is 10.2 Å². The molecule has 1 aromatic carbocycles. The summed E-state index contributed by atoms with van der Waals surface area (Å²) >= 11 is 1.21. The second-order valence-corrected chi connectivity index (χ2v) is 10.2. The SMILES string of the molecule is O=S(=O)(NC1CCN(c2ncnc3c2cnn3-c2ccc(F)cc2)CC1)c1cccs1. The van der Waals surface area contributed by atoms with Crippen LogP contribution in [0.3, 0.4) is 0 Å². The van der Waals surface area contributed by atoms with Crippen LogP contribution in [0.15, 0.2) is 58.5 Å². The first kappa shape index (κ1) is 20.0. The third kappa shape index (κ3) is 3.91. The summed E-state index contributed by atoms with van der Waals surface area (Å²) in [6.45, 7) is 1.32. The van der Waals surface area contributed by atoms with E-state index in [1.807, 2.05) is 0 Å². The first-order valence-electron chi connectivity index (χ1n) is 9.77. The lowest BCUT2D eigenvalue weighted by atomic mass is 10.1. The maximum absolute atomic E-state index is 13.3. The van der Waals surface area contributed by atoms with E-state index in [9.17, 15) is 12.8 Å². The summed E-state index contributed by atoms with van der Waals surface area (Å²) in [6, 6.07) is 9.28. The summed E-state index contributed by atoms with van der Waals surface area (Å²) < 4.78 is 43.0. The van der Waals surface area contributed by atoms with Gasteiger partial charge in [-0.1, -0.05) is 6.07 Å². The molecule has 31 heavy (non-hydrogen) atoms. The van der Waals surface area contributed by atoms with Crippen LogP contribution in [-0.4, -0.2) is 47.3 Å². The molecule has 1 N–H and O–H groups in total. The Labute approximate surface area is 182 Å². The highest BCUT2D eigenvalue weighted by molar-refractivity contribution is 7.91. The van der Waals surface area contributed by atoms with Crippen molar-refractivity contribution in [3.63, 3.8) is 0 Å². The number of rotatable bonds is 5. The fourth-order valence-electron chi connectivity index (χ4n) is 3.76. The van der Waals surface area contributed by atoms with Gasteiger partial charge in [-0.05, 0) is 48.6 Å². The zero-order valence-corrected chi connectivity index (χ0v) is 18.0. The van der Waals surface area contributed by atoms with Crippen LogP contribution >= 0.6 is 11.3 Å². The smallest absolute Gasteiger partial charge is 0.250 e. The number of anilines is 1. The average molecular weight is 459 g/mol. The molecule has 0 bridgehead atoms. The third-order valence-corrected chi connectivity index (χ3v) is 8.21. The molecule has 0 saturated carbocycles. The maximum atomic E-state index is 13.3. The van der Waals surface area contributed by atoms with Gasteiger partial charge < -0.3 is 4.90 Å². The molecule has 1 aliphatic rings. The van der Waals surface area contributed by atoms with E-state index < -0.39 is 10.0 Å². The second kappa shape index (κ2) is 7.98. The number of sulfonamides is 1. The highest BCUT2D eigenvalue weighted by Gasteiger charge is 2.27. The van der Waals surface area contributed by atoms with Crippen molar-refractivity contribution in [2.24, 2.45) is 0 Å². The number of piperidine rings is 1. The largest absolute Gasteiger partial charge is 0.356 e. The fraction of sp³-hybridized carbons (Fsp3) is 0.250. The molecule has 0 amide bonds. The molecule has 1 aliphatic heterocycles. The predicted molar refractivity (Wildman–Crippen MR) is 116 cm³/mol. The zero-order valence-electron chi connectivity index (χ0n) is 16.3. The number of nitrogens with one attached hydrogen (secondary N) is 1. The summed E-state index contributed by atoms with van der Waals surface area (Å²) in [5.41, 5.74) is 1.35. The van der Waals surface area contributed by atoms with Crippen LogP contribution in [0.5, 0.6) is 0 Å². The lowest BCUT2D eigenvalue weighted by molar-refractivity contribution is 0.459. The Bertz CT molecular complexity index is 1300. The molecule has 0 radical (unpaired) electrons. The highest BCUT2D eigenvalue weighted by atomic mass is 32.2. The molecule has 3 aromatic heterocycles. The van der Waals surface area contributed by atoms with E-state index in [1.165, 1.54) is 29.8 Å². The molecular weight excluding hydrogens is 439 g/mol. The lowest BCUT2D eigenvalue weighted by Gasteiger charge is -2.33. The number of benzene rings is 1. The van der Waals surface area contributed by atoms with E-state index in [2.05, 4.69) is 24.7 Å². The van der Waals surface area contributed by atoms with Gasteiger partial charge in [-0.25, -0.2) is 32.2 Å². The minimum atomic E-state index is -3.48. The summed E-state index contributed by atoms with van der Waals surface area (Å²) in [4.78, 5) is 10.9. The van der Waals surface area contributed by atoms with Gasteiger partial charge in [-0.3, -0.25) is 0 Å². The Balaban J connectivity index is 1.34. The maximum Gasteiger partial charge on any atom is 0.250 e. The monoisotopic (exact) mass is 458 g/mol. The van der Waals surface area contributed by atoms with Crippen molar-refractivity contribution in [2.75, 3.05) is 18.0 Å². The normalized spacial score (nSPS) is 15.6. The minimum Gasteiger partial charge on any atom is -0.356 e. The van der Waals surface area contributed by atoms with Gasteiger partial charge in [0.1, 0.15) is 22.2 Å². The summed E-state index contributed by atoms with van der Waals surface area (Å²) in [7, 11) is -3.48. The molecule has 1 fully saturated rings. The first-order valence-corrected chi connectivity index (χ1v) is 12.1. The first-order chi connectivity index (χ1) is 15.0. The van der Waals surface area contributed by atoms with Gasteiger partial charge >= 0.3 is 0 Å². The number of hydrogen-bond acceptors (Lipinski definition) is 7. The molecule has 0 atom stereocenters. The molecule has 5 rings (SSSR count). The molecule has 0 aliphatic carbocycles. The topological polar surface area (TPSA) is 93.0 Å². The fourth-order valence-corrected chi connectivity index (χ4v) is 6.07. The van der Waals surface area contributed by atoms with Crippen molar-refractivity contribution >= 4 is 38.2 Å². The lowest BCUT2D eigenvalue weighted by Crippen LogP contribution is -2.44. The molecule has 4 aromatic rings. The van der Waals surface area contributed by atoms with Crippen LogP contribution in [0.2, 0.25) is 0 Å². The Morgan fingerprint density at radius 1 is 1.10 bits per heavy atom. The number of nitrogens with zero attached hydrogens (tertiary/aromatic N) is 5. The molecule has 160 valence electrons. The molecule has 0 unspecified atom stereocenters. The van der Waals surface area contributed by atoms with E-state index in [1.54, 1.807) is 40.5 Å². The van der Waals surface area contributed by atoms with Crippen molar-refractivity contribution in [3.05, 3.63) is 60.1 Å². The third-order valence-electron chi connectivity index (χ3n) is 5.29. The van der Waals surface area contributed by atoms with Gasteiger partial charge in [-0.2, -0.15) is 5.10 Å². The quantitative estimate of drug-likeness (QED) is 0.494. The van der Waals surface area contributed by atoms with E-state index in [0.717, 1.165) is 11.2 Å². The second-order valence-electron chi connectivity index (χ2n) is 7.28. The van der Waals surface area contributed by atoms with Gasteiger partial charge in [0, 0.05) is 19.1 Å². The number of thiophene rings is 1. The van der Waals surface area contributed by atoms with E-state index in [0.29, 0.717) is 41.5 Å². The van der Waals surface area contributed by atoms with Crippen molar-refractivity contribution < 1.29 is 12.8 Å². The van der Waals surface area contributed by atoms with Crippen molar-refractivity contribution in [1.82, 2.24) is 24.5 Å². The summed E-state index contributed by atoms with van der Waals surface area (Å²) in [6.07, 6.45) is 4.54. The van der Waals surface area contributed by atoms with E-state index in [-0.39, 0.29) is 11.9 Å². The Kier molecular flexibility index (Phi) is 5.16. The zero-order chi connectivity index (χ0) is 21.4. The Hall–Kier alpha value is -2.89. The van der Waals surface area contributed by atoms with Crippen LogP contribution < -0.4 is 9.62 Å². The minimum absolute atomic E-state index is 0.123. The van der Waals surface area contributed by atoms with Crippen LogP contribution in [0, 0.1) is 5.82 Å². The van der Waals surface area contributed by atoms with Gasteiger partial charge in [0.05, 0.1) is 17.3 Å². The average Bonchev–Trinajstić information content (AvgIpc) is 3.45. The predicted octanol–water partition coefficient (Wildman–Crippen LogP) is 2.96.